The summed E-state index contributed by atoms with van der Waals surface area (Å²) in [6, 6.07) is 7.84. The highest BCUT2D eigenvalue weighted by molar-refractivity contribution is 5.68. The Labute approximate surface area is 77.0 Å². The lowest BCUT2D eigenvalue weighted by Crippen LogP contribution is -2.03. The maximum absolute atomic E-state index is 9.70. The molecule has 0 unspecified atom stereocenters. The van der Waals surface area contributed by atoms with E-state index in [0.717, 1.165) is 11.5 Å². The number of aliphatic carboxylic acids is 1. The van der Waals surface area contributed by atoms with Crippen LogP contribution < -0.4 is 4.74 Å². The van der Waals surface area contributed by atoms with Crippen molar-refractivity contribution in [1.82, 2.24) is 0 Å². The zero-order valence-corrected chi connectivity index (χ0v) is 7.65. The van der Waals surface area contributed by atoms with Gasteiger partial charge in [-0.25, -0.2) is 0 Å². The van der Waals surface area contributed by atoms with Crippen molar-refractivity contribution < 1.29 is 14.6 Å². The summed E-state index contributed by atoms with van der Waals surface area (Å²) in [5.74, 6) is 1.09. The molecule has 0 saturated heterocycles. The highest BCUT2D eigenvalue weighted by Gasteiger charge is 2.15. The molecule has 0 radical (unpaired) electrons. The van der Waals surface area contributed by atoms with E-state index in [4.69, 9.17) is 9.84 Å². The van der Waals surface area contributed by atoms with Crippen LogP contribution in [-0.2, 0) is 4.79 Å². The highest BCUT2D eigenvalue weighted by atomic mass is 16.6. The van der Waals surface area contributed by atoms with Crippen LogP contribution >= 0.6 is 0 Å². The van der Waals surface area contributed by atoms with Crippen LogP contribution in [-0.4, -0.2) is 11.1 Å². The molecule has 0 fully saturated rings. The van der Waals surface area contributed by atoms with E-state index in [9.17, 15) is 4.79 Å². The number of carboxylic acids is 1. The molecule has 0 spiro atoms. The number of carboxylic acid groups (broad SMARTS) is 1. The number of carbonyl (C=O) groups is 1. The molecule has 0 atom stereocenters. The van der Waals surface area contributed by atoms with Crippen molar-refractivity contribution in [2.75, 3.05) is 0 Å². The van der Waals surface area contributed by atoms with Crippen LogP contribution in [0.15, 0.2) is 24.3 Å². The first-order valence-corrected chi connectivity index (χ1v) is 4.11. The summed E-state index contributed by atoms with van der Waals surface area (Å²) in [6.07, 6.45) is 0. The van der Waals surface area contributed by atoms with E-state index in [1.807, 2.05) is 24.3 Å². The van der Waals surface area contributed by atoms with Gasteiger partial charge in [-0.2, -0.15) is 0 Å². The Morgan fingerprint density at radius 1 is 1.31 bits per heavy atom. The van der Waals surface area contributed by atoms with E-state index in [0.29, 0.717) is 0 Å². The Bertz CT molecular complexity index is 284. The Morgan fingerprint density at radius 2 is 1.69 bits per heavy atom. The lowest BCUT2D eigenvalue weighted by molar-refractivity contribution is -0.140. The molecule has 1 N–H and O–H groups in total. The number of ether oxygens (including phenoxy) is 1. The van der Waals surface area contributed by atoms with Crippen LogP contribution in [0.5, 0.6) is 11.5 Å². The van der Waals surface area contributed by atoms with Crippen LogP contribution in [0.4, 0.5) is 0 Å². The molecule has 0 amide bonds. The Balaban J connectivity index is 0.000000133. The minimum absolute atomic E-state index is 0.231. The van der Waals surface area contributed by atoms with Crippen molar-refractivity contribution in [3.05, 3.63) is 24.3 Å². The van der Waals surface area contributed by atoms with Gasteiger partial charge in [0.05, 0.1) is 5.92 Å². The summed E-state index contributed by atoms with van der Waals surface area (Å²) >= 11 is 0. The van der Waals surface area contributed by atoms with Crippen LogP contribution in [0.1, 0.15) is 13.8 Å². The first kappa shape index (κ1) is 9.58. The summed E-state index contributed by atoms with van der Waals surface area (Å²) < 4.78 is 4.94. The molecule has 70 valence electrons. The second-order valence-electron chi connectivity index (χ2n) is 3.04. The molecular formula is C10H12O3. The summed E-state index contributed by atoms with van der Waals surface area (Å²) in [5.41, 5.74) is 0. The van der Waals surface area contributed by atoms with Crippen LogP contribution in [0.2, 0.25) is 0 Å². The van der Waals surface area contributed by atoms with Gasteiger partial charge in [0.2, 0.25) is 0 Å². The predicted octanol–water partition coefficient (Wildman–Crippen LogP) is 2.52. The van der Waals surface area contributed by atoms with Crippen molar-refractivity contribution in [1.29, 1.82) is 0 Å². The van der Waals surface area contributed by atoms with Gasteiger partial charge in [-0.1, -0.05) is 26.0 Å². The smallest absolute Gasteiger partial charge is 0.305 e. The summed E-state index contributed by atoms with van der Waals surface area (Å²) in [5, 5.41) is 7.99. The van der Waals surface area contributed by atoms with Gasteiger partial charge in [0.1, 0.15) is 0 Å². The van der Waals surface area contributed by atoms with Crippen molar-refractivity contribution >= 4 is 5.97 Å². The fourth-order valence-electron chi connectivity index (χ4n) is 0.611. The summed E-state index contributed by atoms with van der Waals surface area (Å²) in [4.78, 5) is 9.70. The van der Waals surface area contributed by atoms with E-state index >= 15 is 0 Å². The van der Waals surface area contributed by atoms with Gasteiger partial charge in [0, 0.05) is 0 Å². The molecular weight excluding hydrogens is 168 g/mol. The topological polar surface area (TPSA) is 49.8 Å². The van der Waals surface area contributed by atoms with Crippen LogP contribution in [0.3, 0.4) is 0 Å². The van der Waals surface area contributed by atoms with Gasteiger partial charge >= 0.3 is 5.97 Å². The molecule has 2 rings (SSSR count). The van der Waals surface area contributed by atoms with Crippen molar-refractivity contribution in [3.8, 4) is 11.5 Å². The Kier molecular flexibility index (Phi) is 2.90. The average molecular weight is 180 g/mol. The molecule has 0 bridgehead atoms. The molecule has 1 aliphatic heterocycles. The van der Waals surface area contributed by atoms with Gasteiger partial charge in [-0.15, -0.1) is 0 Å². The van der Waals surface area contributed by atoms with E-state index < -0.39 is 5.97 Å². The molecule has 0 saturated carbocycles. The van der Waals surface area contributed by atoms with Gasteiger partial charge in [0.15, 0.2) is 11.5 Å². The number of hydrogen-bond acceptors (Lipinski definition) is 2. The van der Waals surface area contributed by atoms with Crippen LogP contribution in [0, 0.1) is 5.92 Å². The predicted molar refractivity (Wildman–Crippen MR) is 49.0 cm³/mol. The molecule has 1 aromatic carbocycles. The molecule has 0 aromatic heterocycles. The van der Waals surface area contributed by atoms with E-state index in [1.165, 1.54) is 0 Å². The molecule has 13 heavy (non-hydrogen) atoms. The van der Waals surface area contributed by atoms with Crippen LogP contribution in [0.25, 0.3) is 0 Å². The molecule has 3 nitrogen and oxygen atoms in total. The highest BCUT2D eigenvalue weighted by Crippen LogP contribution is 2.43. The third kappa shape index (κ3) is 3.15. The fraction of sp³-hybridized carbons (Fsp3) is 0.300. The fourth-order valence-corrected chi connectivity index (χ4v) is 0.611. The van der Waals surface area contributed by atoms with E-state index in [1.54, 1.807) is 13.8 Å². The first-order valence-electron chi connectivity index (χ1n) is 4.11. The quantitative estimate of drug-likeness (QED) is 0.686. The molecule has 1 aromatic rings. The third-order valence-electron chi connectivity index (χ3n) is 1.52. The largest absolute Gasteiger partial charge is 0.481 e. The number of hydrogen-bond donors (Lipinski definition) is 1. The van der Waals surface area contributed by atoms with Gasteiger partial charge in [-0.3, -0.25) is 4.79 Å². The Hall–Kier alpha value is -1.51. The van der Waals surface area contributed by atoms with E-state index in [2.05, 4.69) is 0 Å². The van der Waals surface area contributed by atoms with Gasteiger partial charge in [-0.05, 0) is 12.1 Å². The first-order chi connectivity index (χ1) is 6.11. The standard InChI is InChI=1S/C6H4O.C4H8O2/c1-2-4-6-5(3-1)7-6;1-3(2)4(5)6/h1-4H;3H,1-2H3,(H,5,6). The normalized spacial score (nSPS) is 10.7. The number of para-hydroxylation sites is 2. The van der Waals surface area contributed by atoms with Gasteiger partial charge in [0.25, 0.3) is 0 Å². The monoisotopic (exact) mass is 180 g/mol. The minimum atomic E-state index is -0.741. The molecule has 1 aliphatic rings. The lowest BCUT2D eigenvalue weighted by Gasteiger charge is -1.89. The SMILES string of the molecule is CC(C)C(=O)O.c1ccc2c(c1)O2. The zero-order valence-electron chi connectivity index (χ0n) is 7.65. The number of rotatable bonds is 1. The minimum Gasteiger partial charge on any atom is -0.481 e. The second-order valence-corrected chi connectivity index (χ2v) is 3.04. The third-order valence-corrected chi connectivity index (χ3v) is 1.52. The lowest BCUT2D eigenvalue weighted by atomic mass is 10.2. The molecule has 0 aliphatic carbocycles. The van der Waals surface area contributed by atoms with E-state index in [-0.39, 0.29) is 5.92 Å². The summed E-state index contributed by atoms with van der Waals surface area (Å²) in [6.45, 7) is 3.28. The summed E-state index contributed by atoms with van der Waals surface area (Å²) in [7, 11) is 0. The maximum Gasteiger partial charge on any atom is 0.305 e. The Morgan fingerprint density at radius 3 is 1.92 bits per heavy atom. The number of fused-ring (bicyclic) bond motifs is 1. The van der Waals surface area contributed by atoms with Gasteiger partial charge < -0.3 is 9.84 Å². The van der Waals surface area contributed by atoms with Crippen molar-refractivity contribution in [2.45, 2.75) is 13.8 Å². The molecule has 1 heterocycles. The second kappa shape index (κ2) is 3.94. The van der Waals surface area contributed by atoms with Crippen molar-refractivity contribution in [2.24, 2.45) is 5.92 Å². The zero-order chi connectivity index (χ0) is 9.84. The maximum atomic E-state index is 9.70. The molecule has 3 heteroatoms. The number of benzene rings is 1. The van der Waals surface area contributed by atoms with Crippen molar-refractivity contribution in [3.63, 3.8) is 0 Å². The average Bonchev–Trinajstić information content (AvgIpc) is 2.83.